The first kappa shape index (κ1) is 11.0. The van der Waals surface area contributed by atoms with Gasteiger partial charge in [0.25, 0.3) is 0 Å². The fourth-order valence-corrected chi connectivity index (χ4v) is 2.16. The largest absolute Gasteiger partial charge is 0.317 e. The molecule has 2 atom stereocenters. The van der Waals surface area contributed by atoms with Crippen molar-refractivity contribution >= 4 is 0 Å². The molecule has 13 heavy (non-hydrogen) atoms. The van der Waals surface area contributed by atoms with Crippen molar-refractivity contribution in [1.82, 2.24) is 5.32 Å². The Hall–Kier alpha value is -0.0400. The van der Waals surface area contributed by atoms with Gasteiger partial charge in [0.2, 0.25) is 0 Å². The van der Waals surface area contributed by atoms with Crippen LogP contribution in [0.5, 0.6) is 0 Å². The molecule has 1 saturated carbocycles. The van der Waals surface area contributed by atoms with E-state index in [1.807, 2.05) is 0 Å². The van der Waals surface area contributed by atoms with Crippen molar-refractivity contribution in [3.8, 4) is 0 Å². The van der Waals surface area contributed by atoms with Gasteiger partial charge in [0.15, 0.2) is 0 Å². The molecule has 1 aliphatic carbocycles. The standard InChI is InChI=1S/C12H25N/c1-4-13-9-12-8-7-11(12)6-5-10(2)3/h10-13H,4-9H2,1-3H3. The molecule has 0 spiro atoms. The van der Waals surface area contributed by atoms with E-state index in [2.05, 4.69) is 26.1 Å². The highest BCUT2D eigenvalue weighted by atomic mass is 14.9. The quantitative estimate of drug-likeness (QED) is 0.667. The van der Waals surface area contributed by atoms with E-state index in [4.69, 9.17) is 0 Å². The fraction of sp³-hybridized carbons (Fsp3) is 1.00. The minimum absolute atomic E-state index is 0.889. The molecule has 0 amide bonds. The topological polar surface area (TPSA) is 12.0 Å². The van der Waals surface area contributed by atoms with Gasteiger partial charge in [0, 0.05) is 0 Å². The third-order valence-corrected chi connectivity index (χ3v) is 3.35. The Bertz CT molecular complexity index is 131. The molecular weight excluding hydrogens is 158 g/mol. The van der Waals surface area contributed by atoms with Crippen LogP contribution in [0.4, 0.5) is 0 Å². The lowest BCUT2D eigenvalue weighted by molar-refractivity contribution is 0.153. The second-order valence-corrected chi connectivity index (χ2v) is 4.88. The van der Waals surface area contributed by atoms with Crippen LogP contribution >= 0.6 is 0 Å². The number of hydrogen-bond acceptors (Lipinski definition) is 1. The average molecular weight is 183 g/mol. The highest BCUT2D eigenvalue weighted by Gasteiger charge is 2.29. The highest BCUT2D eigenvalue weighted by molar-refractivity contribution is 4.82. The molecule has 0 aromatic heterocycles. The van der Waals surface area contributed by atoms with Gasteiger partial charge in [-0.1, -0.05) is 27.2 Å². The molecule has 0 aromatic rings. The van der Waals surface area contributed by atoms with Crippen LogP contribution in [-0.4, -0.2) is 13.1 Å². The van der Waals surface area contributed by atoms with E-state index in [1.54, 1.807) is 0 Å². The van der Waals surface area contributed by atoms with Crippen molar-refractivity contribution in [3.05, 3.63) is 0 Å². The molecule has 1 nitrogen and oxygen atoms in total. The third-order valence-electron chi connectivity index (χ3n) is 3.35. The Morgan fingerprint density at radius 3 is 2.38 bits per heavy atom. The molecule has 1 heteroatoms. The summed E-state index contributed by atoms with van der Waals surface area (Å²) in [6.07, 6.45) is 5.85. The second kappa shape index (κ2) is 5.64. The van der Waals surface area contributed by atoms with Crippen LogP contribution in [-0.2, 0) is 0 Å². The Morgan fingerprint density at radius 2 is 1.92 bits per heavy atom. The lowest BCUT2D eigenvalue weighted by Gasteiger charge is -2.37. The van der Waals surface area contributed by atoms with Gasteiger partial charge in [-0.15, -0.1) is 0 Å². The van der Waals surface area contributed by atoms with Crippen molar-refractivity contribution < 1.29 is 0 Å². The number of hydrogen-bond donors (Lipinski definition) is 1. The molecule has 0 aliphatic heterocycles. The Balaban J connectivity index is 2.06. The van der Waals surface area contributed by atoms with Gasteiger partial charge in [-0.2, -0.15) is 0 Å². The van der Waals surface area contributed by atoms with Crippen LogP contribution in [0.3, 0.4) is 0 Å². The molecule has 1 aliphatic rings. The summed E-state index contributed by atoms with van der Waals surface area (Å²) in [6.45, 7) is 9.25. The van der Waals surface area contributed by atoms with Crippen LogP contribution in [0.25, 0.3) is 0 Å². The van der Waals surface area contributed by atoms with Crippen LogP contribution in [0.1, 0.15) is 46.5 Å². The molecule has 0 heterocycles. The molecule has 0 bridgehead atoms. The Labute approximate surface area is 83.3 Å². The van der Waals surface area contributed by atoms with Gasteiger partial charge in [0.05, 0.1) is 0 Å². The molecule has 0 aromatic carbocycles. The molecule has 1 rings (SSSR count). The van der Waals surface area contributed by atoms with Gasteiger partial charge in [-0.05, 0) is 50.1 Å². The minimum atomic E-state index is 0.889. The molecule has 1 N–H and O–H groups in total. The summed E-state index contributed by atoms with van der Waals surface area (Å²) in [7, 11) is 0. The van der Waals surface area contributed by atoms with Crippen molar-refractivity contribution in [2.24, 2.45) is 17.8 Å². The Kier molecular flexibility index (Phi) is 4.79. The monoisotopic (exact) mass is 183 g/mol. The number of nitrogens with one attached hydrogen (secondary N) is 1. The summed E-state index contributed by atoms with van der Waals surface area (Å²) in [4.78, 5) is 0. The average Bonchev–Trinajstić information content (AvgIpc) is 2.03. The number of rotatable bonds is 6. The normalized spacial score (nSPS) is 27.7. The zero-order valence-electron chi connectivity index (χ0n) is 9.47. The van der Waals surface area contributed by atoms with Crippen LogP contribution in [0.15, 0.2) is 0 Å². The summed E-state index contributed by atoms with van der Waals surface area (Å²) in [5.41, 5.74) is 0. The van der Waals surface area contributed by atoms with E-state index >= 15 is 0 Å². The van der Waals surface area contributed by atoms with E-state index in [-0.39, 0.29) is 0 Å². The van der Waals surface area contributed by atoms with Crippen LogP contribution in [0.2, 0.25) is 0 Å². The predicted molar refractivity (Wildman–Crippen MR) is 58.8 cm³/mol. The zero-order chi connectivity index (χ0) is 9.68. The lowest BCUT2D eigenvalue weighted by atomic mass is 9.71. The minimum Gasteiger partial charge on any atom is -0.317 e. The van der Waals surface area contributed by atoms with Gasteiger partial charge >= 0.3 is 0 Å². The summed E-state index contributed by atoms with van der Waals surface area (Å²) >= 11 is 0. The Morgan fingerprint density at radius 1 is 1.23 bits per heavy atom. The van der Waals surface area contributed by atoms with Crippen molar-refractivity contribution in [3.63, 3.8) is 0 Å². The van der Waals surface area contributed by atoms with Gasteiger partial charge in [-0.25, -0.2) is 0 Å². The van der Waals surface area contributed by atoms with E-state index in [0.717, 1.165) is 24.3 Å². The van der Waals surface area contributed by atoms with Crippen LogP contribution in [0, 0.1) is 17.8 Å². The smallest absolute Gasteiger partial charge is 0.00180 e. The maximum Gasteiger partial charge on any atom is -0.00180 e. The van der Waals surface area contributed by atoms with Gasteiger partial charge in [0.1, 0.15) is 0 Å². The maximum atomic E-state index is 3.47. The highest BCUT2D eigenvalue weighted by Crippen LogP contribution is 2.37. The van der Waals surface area contributed by atoms with E-state index in [9.17, 15) is 0 Å². The van der Waals surface area contributed by atoms with Gasteiger partial charge < -0.3 is 5.32 Å². The molecule has 78 valence electrons. The van der Waals surface area contributed by atoms with E-state index < -0.39 is 0 Å². The maximum absolute atomic E-state index is 3.47. The molecule has 2 unspecified atom stereocenters. The predicted octanol–water partition coefficient (Wildman–Crippen LogP) is 3.06. The second-order valence-electron chi connectivity index (χ2n) is 4.88. The third kappa shape index (κ3) is 3.68. The van der Waals surface area contributed by atoms with E-state index in [0.29, 0.717) is 0 Å². The molecule has 0 radical (unpaired) electrons. The van der Waals surface area contributed by atoms with Crippen molar-refractivity contribution in [1.29, 1.82) is 0 Å². The SMILES string of the molecule is CCNCC1CCC1CCC(C)C. The van der Waals surface area contributed by atoms with Gasteiger partial charge in [-0.3, -0.25) is 0 Å². The molecule has 0 saturated heterocycles. The van der Waals surface area contributed by atoms with E-state index in [1.165, 1.54) is 32.2 Å². The fourth-order valence-electron chi connectivity index (χ4n) is 2.16. The first-order valence-electron chi connectivity index (χ1n) is 5.94. The zero-order valence-corrected chi connectivity index (χ0v) is 9.47. The summed E-state index contributed by atoms with van der Waals surface area (Å²) < 4.78 is 0. The summed E-state index contributed by atoms with van der Waals surface area (Å²) in [5.74, 6) is 2.93. The van der Waals surface area contributed by atoms with Crippen LogP contribution < -0.4 is 5.32 Å². The van der Waals surface area contributed by atoms with Crippen molar-refractivity contribution in [2.45, 2.75) is 46.5 Å². The summed E-state index contributed by atoms with van der Waals surface area (Å²) in [5, 5.41) is 3.47. The first-order chi connectivity index (χ1) is 6.24. The summed E-state index contributed by atoms with van der Waals surface area (Å²) in [6, 6.07) is 0. The lowest BCUT2D eigenvalue weighted by Crippen LogP contribution is -2.35. The first-order valence-corrected chi connectivity index (χ1v) is 5.94. The molecule has 1 fully saturated rings. The molecular formula is C12H25N. The van der Waals surface area contributed by atoms with Crippen molar-refractivity contribution in [2.75, 3.05) is 13.1 Å².